The molecule has 0 aromatic heterocycles. The number of hydrogen-bond acceptors (Lipinski definition) is 1. The molecule has 0 spiro atoms. The van der Waals surface area contributed by atoms with Crippen molar-refractivity contribution < 1.29 is 4.79 Å². The molecule has 0 aromatic carbocycles. The van der Waals surface area contributed by atoms with Gasteiger partial charge < -0.3 is 4.90 Å². The molecule has 1 saturated carbocycles. The number of carbonyl (C=O) groups excluding carboxylic acids is 1. The highest BCUT2D eigenvalue weighted by Crippen LogP contribution is 2.34. The molecule has 2 rings (SSSR count). The van der Waals surface area contributed by atoms with Gasteiger partial charge in [0.2, 0.25) is 5.91 Å². The molecular formula is C16H29NO. The van der Waals surface area contributed by atoms with Crippen LogP contribution in [0.2, 0.25) is 0 Å². The van der Waals surface area contributed by atoms with E-state index in [9.17, 15) is 4.79 Å². The van der Waals surface area contributed by atoms with Gasteiger partial charge in [0.05, 0.1) is 0 Å². The zero-order valence-corrected chi connectivity index (χ0v) is 12.3. The van der Waals surface area contributed by atoms with Crippen molar-refractivity contribution in [3.63, 3.8) is 0 Å². The second-order valence-electron chi connectivity index (χ2n) is 6.68. The Hall–Kier alpha value is -0.530. The molecule has 0 N–H and O–H groups in total. The number of nitrogens with zero attached hydrogens (tertiary/aromatic N) is 1. The van der Waals surface area contributed by atoms with Crippen LogP contribution < -0.4 is 0 Å². The van der Waals surface area contributed by atoms with Gasteiger partial charge in [0.15, 0.2) is 0 Å². The Labute approximate surface area is 112 Å². The largest absolute Gasteiger partial charge is 0.342 e. The van der Waals surface area contributed by atoms with E-state index < -0.39 is 0 Å². The SMILES string of the molecule is CCCC1CN(C(=O)CC2CCC2)CC(C)C1C. The fraction of sp³-hybridized carbons (Fsp3) is 0.938. The van der Waals surface area contributed by atoms with E-state index in [0.29, 0.717) is 17.7 Å². The third kappa shape index (κ3) is 3.07. The lowest BCUT2D eigenvalue weighted by Gasteiger charge is -2.42. The van der Waals surface area contributed by atoms with Crippen molar-refractivity contribution in [2.24, 2.45) is 23.7 Å². The van der Waals surface area contributed by atoms with Crippen LogP contribution in [0.3, 0.4) is 0 Å². The highest BCUT2D eigenvalue weighted by Gasteiger charge is 2.34. The van der Waals surface area contributed by atoms with E-state index in [1.807, 2.05) is 0 Å². The van der Waals surface area contributed by atoms with Crippen LogP contribution in [0, 0.1) is 23.7 Å². The fourth-order valence-electron chi connectivity index (χ4n) is 3.50. The molecule has 104 valence electrons. The van der Waals surface area contributed by atoms with Gasteiger partial charge >= 0.3 is 0 Å². The first-order valence-corrected chi connectivity index (χ1v) is 7.89. The maximum atomic E-state index is 12.3. The number of piperidine rings is 1. The normalized spacial score (nSPS) is 33.3. The van der Waals surface area contributed by atoms with E-state index in [1.165, 1.54) is 32.1 Å². The average molecular weight is 251 g/mol. The highest BCUT2D eigenvalue weighted by atomic mass is 16.2. The number of likely N-dealkylation sites (tertiary alicyclic amines) is 1. The minimum absolute atomic E-state index is 0.430. The van der Waals surface area contributed by atoms with Crippen molar-refractivity contribution >= 4 is 5.91 Å². The third-order valence-corrected chi connectivity index (χ3v) is 5.30. The van der Waals surface area contributed by atoms with Crippen LogP contribution in [0.15, 0.2) is 0 Å². The van der Waals surface area contributed by atoms with Gasteiger partial charge in [0.25, 0.3) is 0 Å². The summed E-state index contributed by atoms with van der Waals surface area (Å²) < 4.78 is 0. The van der Waals surface area contributed by atoms with Crippen LogP contribution in [-0.4, -0.2) is 23.9 Å². The van der Waals surface area contributed by atoms with Crippen LogP contribution in [0.5, 0.6) is 0 Å². The molecule has 1 heterocycles. The average Bonchev–Trinajstić information content (AvgIpc) is 2.29. The fourth-order valence-corrected chi connectivity index (χ4v) is 3.50. The topological polar surface area (TPSA) is 20.3 Å². The zero-order chi connectivity index (χ0) is 13.1. The van der Waals surface area contributed by atoms with Crippen LogP contribution >= 0.6 is 0 Å². The molecule has 2 heteroatoms. The summed E-state index contributed by atoms with van der Waals surface area (Å²) in [6, 6.07) is 0. The summed E-state index contributed by atoms with van der Waals surface area (Å²) >= 11 is 0. The van der Waals surface area contributed by atoms with Gasteiger partial charge in [-0.1, -0.05) is 33.6 Å². The first-order valence-electron chi connectivity index (χ1n) is 7.89. The van der Waals surface area contributed by atoms with Gasteiger partial charge in [-0.05, 0) is 42.9 Å². The molecule has 1 amide bonds. The van der Waals surface area contributed by atoms with E-state index >= 15 is 0 Å². The van der Waals surface area contributed by atoms with Crippen LogP contribution in [0.1, 0.15) is 59.3 Å². The van der Waals surface area contributed by atoms with Gasteiger partial charge in [0, 0.05) is 19.5 Å². The van der Waals surface area contributed by atoms with Crippen molar-refractivity contribution in [2.75, 3.05) is 13.1 Å². The molecule has 2 aliphatic rings. The maximum absolute atomic E-state index is 12.3. The third-order valence-electron chi connectivity index (χ3n) is 5.30. The molecule has 18 heavy (non-hydrogen) atoms. The van der Waals surface area contributed by atoms with Crippen LogP contribution in [-0.2, 0) is 4.79 Å². The number of rotatable bonds is 4. The number of hydrogen-bond donors (Lipinski definition) is 0. The predicted octanol–water partition coefficient (Wildman–Crippen LogP) is 3.71. The van der Waals surface area contributed by atoms with Crippen LogP contribution in [0.4, 0.5) is 0 Å². The molecule has 0 aromatic rings. The Bertz CT molecular complexity index is 285. The molecule has 3 atom stereocenters. The first-order chi connectivity index (χ1) is 8.61. The maximum Gasteiger partial charge on any atom is 0.222 e. The Morgan fingerprint density at radius 2 is 1.94 bits per heavy atom. The van der Waals surface area contributed by atoms with Crippen molar-refractivity contribution in [1.82, 2.24) is 4.90 Å². The van der Waals surface area contributed by atoms with Crippen molar-refractivity contribution in [2.45, 2.75) is 59.3 Å². The lowest BCUT2D eigenvalue weighted by atomic mass is 9.77. The Kier molecular flexibility index (Phi) is 4.69. The first kappa shape index (κ1) is 13.9. The van der Waals surface area contributed by atoms with Gasteiger partial charge in [-0.3, -0.25) is 4.79 Å². The molecule has 2 fully saturated rings. The summed E-state index contributed by atoms with van der Waals surface area (Å²) in [6.45, 7) is 8.96. The minimum atomic E-state index is 0.430. The molecule has 1 saturated heterocycles. The molecule has 1 aliphatic heterocycles. The van der Waals surface area contributed by atoms with E-state index in [2.05, 4.69) is 25.7 Å². The van der Waals surface area contributed by atoms with Crippen molar-refractivity contribution in [3.8, 4) is 0 Å². The Morgan fingerprint density at radius 3 is 2.50 bits per heavy atom. The van der Waals surface area contributed by atoms with E-state index in [1.54, 1.807) is 0 Å². The number of amides is 1. The van der Waals surface area contributed by atoms with E-state index in [4.69, 9.17) is 0 Å². The summed E-state index contributed by atoms with van der Waals surface area (Å²) in [5, 5.41) is 0. The summed E-state index contributed by atoms with van der Waals surface area (Å²) in [5.74, 6) is 3.30. The van der Waals surface area contributed by atoms with Gasteiger partial charge in [-0.25, -0.2) is 0 Å². The smallest absolute Gasteiger partial charge is 0.222 e. The van der Waals surface area contributed by atoms with Gasteiger partial charge in [-0.15, -0.1) is 0 Å². The zero-order valence-electron chi connectivity index (χ0n) is 12.3. The number of carbonyl (C=O) groups is 1. The Balaban J connectivity index is 1.89. The molecule has 1 aliphatic carbocycles. The molecule has 0 bridgehead atoms. The minimum Gasteiger partial charge on any atom is -0.342 e. The quantitative estimate of drug-likeness (QED) is 0.746. The molecule has 2 nitrogen and oxygen atoms in total. The second kappa shape index (κ2) is 6.08. The van der Waals surface area contributed by atoms with Crippen molar-refractivity contribution in [3.05, 3.63) is 0 Å². The van der Waals surface area contributed by atoms with Gasteiger partial charge in [0.1, 0.15) is 0 Å². The standard InChI is InChI=1S/C16H29NO/c1-4-6-15-11-17(10-12(2)13(15)3)16(18)9-14-7-5-8-14/h12-15H,4-11H2,1-3H3. The summed E-state index contributed by atoms with van der Waals surface area (Å²) in [4.78, 5) is 14.5. The predicted molar refractivity (Wildman–Crippen MR) is 75.3 cm³/mol. The lowest BCUT2D eigenvalue weighted by Crippen LogP contribution is -2.47. The van der Waals surface area contributed by atoms with E-state index in [-0.39, 0.29) is 0 Å². The van der Waals surface area contributed by atoms with Crippen molar-refractivity contribution in [1.29, 1.82) is 0 Å². The lowest BCUT2D eigenvalue weighted by molar-refractivity contribution is -0.136. The monoisotopic (exact) mass is 251 g/mol. The molecule has 0 radical (unpaired) electrons. The molecule has 3 unspecified atom stereocenters. The molecular weight excluding hydrogens is 222 g/mol. The summed E-state index contributed by atoms with van der Waals surface area (Å²) in [5.41, 5.74) is 0. The summed E-state index contributed by atoms with van der Waals surface area (Å²) in [6.07, 6.45) is 7.24. The summed E-state index contributed by atoms with van der Waals surface area (Å²) in [7, 11) is 0. The van der Waals surface area contributed by atoms with E-state index in [0.717, 1.165) is 31.3 Å². The highest BCUT2D eigenvalue weighted by molar-refractivity contribution is 5.76. The van der Waals surface area contributed by atoms with Gasteiger partial charge in [-0.2, -0.15) is 0 Å². The Morgan fingerprint density at radius 1 is 1.22 bits per heavy atom. The second-order valence-corrected chi connectivity index (χ2v) is 6.68. The van der Waals surface area contributed by atoms with Crippen LogP contribution in [0.25, 0.3) is 0 Å².